The van der Waals surface area contributed by atoms with Crippen LogP contribution in [-0.2, 0) is 0 Å². The summed E-state index contributed by atoms with van der Waals surface area (Å²) in [6.45, 7) is 1.77. The number of hydrogen-bond donors (Lipinski definition) is 2. The number of nitrogens with one attached hydrogen (secondary N) is 2. The van der Waals surface area contributed by atoms with Gasteiger partial charge in [-0.05, 0) is 37.9 Å². The maximum Gasteiger partial charge on any atom is 0.251 e. The van der Waals surface area contributed by atoms with Crippen LogP contribution in [0, 0.1) is 0 Å². The van der Waals surface area contributed by atoms with Gasteiger partial charge in [0.1, 0.15) is 11.5 Å². The van der Waals surface area contributed by atoms with E-state index in [0.717, 1.165) is 13.0 Å². The summed E-state index contributed by atoms with van der Waals surface area (Å²) in [6.07, 6.45) is 3.39. The zero-order valence-electron chi connectivity index (χ0n) is 12.5. The maximum atomic E-state index is 12.1. The number of rotatable bonds is 6. The van der Waals surface area contributed by atoms with Gasteiger partial charge in [0, 0.05) is 24.2 Å². The molecule has 1 fully saturated rings. The van der Waals surface area contributed by atoms with Crippen molar-refractivity contribution in [2.75, 3.05) is 27.3 Å². The van der Waals surface area contributed by atoms with Crippen molar-refractivity contribution >= 4 is 18.3 Å². The second-order valence-electron chi connectivity index (χ2n) is 4.94. The first-order chi connectivity index (χ1) is 9.72. The zero-order valence-corrected chi connectivity index (χ0v) is 13.3. The van der Waals surface area contributed by atoms with Crippen molar-refractivity contribution in [2.45, 2.75) is 25.3 Å². The Morgan fingerprint density at radius 3 is 2.48 bits per heavy atom. The second-order valence-corrected chi connectivity index (χ2v) is 4.94. The Bertz CT molecular complexity index is 440. The van der Waals surface area contributed by atoms with Gasteiger partial charge in [0.15, 0.2) is 0 Å². The lowest BCUT2D eigenvalue weighted by molar-refractivity contribution is 0.0951. The van der Waals surface area contributed by atoms with Gasteiger partial charge in [0.25, 0.3) is 5.91 Å². The van der Waals surface area contributed by atoms with E-state index >= 15 is 0 Å². The molecule has 5 nitrogen and oxygen atoms in total. The molecular weight excluding hydrogens is 292 g/mol. The fourth-order valence-corrected chi connectivity index (χ4v) is 2.40. The molecule has 2 N–H and O–H groups in total. The molecule has 1 aromatic rings. The first-order valence-corrected chi connectivity index (χ1v) is 6.97. The van der Waals surface area contributed by atoms with Gasteiger partial charge in [-0.15, -0.1) is 12.4 Å². The number of halogens is 1. The molecule has 0 spiro atoms. The maximum absolute atomic E-state index is 12.1. The molecule has 2 rings (SSSR count). The molecule has 1 heterocycles. The standard InChI is InChI=1S/C15H22N2O3.ClH/c1-19-13-8-11(9-14(10-13)20-2)15(18)17-7-5-12-4-3-6-16-12;/h8-10,12,16H,3-7H2,1-2H3,(H,17,18);1H/t12-;/m1./s1. The van der Waals surface area contributed by atoms with Crippen LogP contribution in [0.25, 0.3) is 0 Å². The summed E-state index contributed by atoms with van der Waals surface area (Å²) in [7, 11) is 3.14. The molecular formula is C15H23ClN2O3. The van der Waals surface area contributed by atoms with Crippen LogP contribution in [0.15, 0.2) is 18.2 Å². The summed E-state index contributed by atoms with van der Waals surface area (Å²) in [5.41, 5.74) is 0.556. The lowest BCUT2D eigenvalue weighted by atomic mass is 10.1. The van der Waals surface area contributed by atoms with Crippen LogP contribution in [0.1, 0.15) is 29.6 Å². The van der Waals surface area contributed by atoms with E-state index < -0.39 is 0 Å². The number of hydrogen-bond acceptors (Lipinski definition) is 4. The zero-order chi connectivity index (χ0) is 14.4. The number of amides is 1. The molecule has 0 aliphatic carbocycles. The van der Waals surface area contributed by atoms with E-state index in [9.17, 15) is 4.79 Å². The highest BCUT2D eigenvalue weighted by Crippen LogP contribution is 2.22. The predicted molar refractivity (Wildman–Crippen MR) is 84.8 cm³/mol. The monoisotopic (exact) mass is 314 g/mol. The van der Waals surface area contributed by atoms with Crippen LogP contribution in [0.2, 0.25) is 0 Å². The normalized spacial score (nSPS) is 17.0. The number of benzene rings is 1. The van der Waals surface area contributed by atoms with Crippen LogP contribution in [0.3, 0.4) is 0 Å². The molecule has 1 aliphatic heterocycles. The predicted octanol–water partition coefficient (Wildman–Crippen LogP) is 2.00. The first-order valence-electron chi connectivity index (χ1n) is 6.97. The average Bonchev–Trinajstić information content (AvgIpc) is 2.99. The van der Waals surface area contributed by atoms with Crippen molar-refractivity contribution in [3.63, 3.8) is 0 Å². The lowest BCUT2D eigenvalue weighted by Crippen LogP contribution is -2.30. The minimum Gasteiger partial charge on any atom is -0.497 e. The summed E-state index contributed by atoms with van der Waals surface area (Å²) < 4.78 is 10.3. The third kappa shape index (κ3) is 5.10. The summed E-state index contributed by atoms with van der Waals surface area (Å²) in [5, 5.41) is 6.35. The van der Waals surface area contributed by atoms with Crippen molar-refractivity contribution in [1.29, 1.82) is 0 Å². The second kappa shape index (κ2) is 8.74. The minimum atomic E-state index is -0.0970. The van der Waals surface area contributed by atoms with Crippen LogP contribution in [-0.4, -0.2) is 39.3 Å². The third-order valence-corrected chi connectivity index (χ3v) is 3.55. The summed E-state index contributed by atoms with van der Waals surface area (Å²) in [4.78, 5) is 12.1. The average molecular weight is 315 g/mol. The molecule has 118 valence electrons. The molecule has 0 bridgehead atoms. The topological polar surface area (TPSA) is 59.6 Å². The largest absolute Gasteiger partial charge is 0.497 e. The lowest BCUT2D eigenvalue weighted by Gasteiger charge is -2.12. The SMILES string of the molecule is COc1cc(OC)cc(C(=O)NCC[C@H]2CCCN2)c1.Cl. The summed E-state index contributed by atoms with van der Waals surface area (Å²) in [6, 6.07) is 5.71. The van der Waals surface area contributed by atoms with Gasteiger partial charge < -0.3 is 20.1 Å². The molecule has 0 radical (unpaired) electrons. The smallest absolute Gasteiger partial charge is 0.251 e. The Morgan fingerprint density at radius 2 is 1.95 bits per heavy atom. The van der Waals surface area contributed by atoms with E-state index in [4.69, 9.17) is 9.47 Å². The number of carbonyl (C=O) groups is 1. The molecule has 1 saturated heterocycles. The molecule has 0 unspecified atom stereocenters. The van der Waals surface area contributed by atoms with Gasteiger partial charge >= 0.3 is 0 Å². The molecule has 1 aromatic carbocycles. The molecule has 0 saturated carbocycles. The van der Waals surface area contributed by atoms with Gasteiger partial charge in [0.2, 0.25) is 0 Å². The van der Waals surface area contributed by atoms with Gasteiger partial charge in [-0.25, -0.2) is 0 Å². The van der Waals surface area contributed by atoms with Crippen LogP contribution in [0.5, 0.6) is 11.5 Å². The Kier molecular flexibility index (Phi) is 7.32. The Morgan fingerprint density at radius 1 is 1.29 bits per heavy atom. The van der Waals surface area contributed by atoms with Gasteiger partial charge in [-0.3, -0.25) is 4.79 Å². The fourth-order valence-electron chi connectivity index (χ4n) is 2.40. The summed E-state index contributed by atoms with van der Waals surface area (Å²) >= 11 is 0. The molecule has 6 heteroatoms. The number of carbonyl (C=O) groups excluding carboxylic acids is 1. The van der Waals surface area contributed by atoms with E-state index in [1.165, 1.54) is 12.8 Å². The van der Waals surface area contributed by atoms with E-state index in [1.54, 1.807) is 32.4 Å². The van der Waals surface area contributed by atoms with E-state index in [2.05, 4.69) is 10.6 Å². The minimum absolute atomic E-state index is 0. The molecule has 1 aliphatic rings. The van der Waals surface area contributed by atoms with Crippen LogP contribution < -0.4 is 20.1 Å². The number of ether oxygens (including phenoxy) is 2. The fraction of sp³-hybridized carbons (Fsp3) is 0.533. The summed E-state index contributed by atoms with van der Waals surface area (Å²) in [5.74, 6) is 1.14. The van der Waals surface area contributed by atoms with Gasteiger partial charge in [-0.1, -0.05) is 0 Å². The molecule has 21 heavy (non-hydrogen) atoms. The highest BCUT2D eigenvalue weighted by atomic mass is 35.5. The van der Waals surface area contributed by atoms with Gasteiger partial charge in [0.05, 0.1) is 14.2 Å². The van der Waals surface area contributed by atoms with Crippen molar-refractivity contribution in [3.8, 4) is 11.5 Å². The van der Waals surface area contributed by atoms with E-state index in [-0.39, 0.29) is 18.3 Å². The van der Waals surface area contributed by atoms with Crippen molar-refractivity contribution in [3.05, 3.63) is 23.8 Å². The first kappa shape index (κ1) is 17.6. The Balaban J connectivity index is 0.00000220. The van der Waals surface area contributed by atoms with E-state index in [0.29, 0.717) is 29.6 Å². The third-order valence-electron chi connectivity index (χ3n) is 3.55. The Labute approximate surface area is 131 Å². The van der Waals surface area contributed by atoms with Crippen molar-refractivity contribution in [2.24, 2.45) is 0 Å². The van der Waals surface area contributed by atoms with Gasteiger partial charge in [-0.2, -0.15) is 0 Å². The van der Waals surface area contributed by atoms with Crippen LogP contribution >= 0.6 is 12.4 Å². The van der Waals surface area contributed by atoms with E-state index in [1.807, 2.05) is 0 Å². The van der Waals surface area contributed by atoms with Crippen LogP contribution in [0.4, 0.5) is 0 Å². The molecule has 1 atom stereocenters. The highest BCUT2D eigenvalue weighted by molar-refractivity contribution is 5.95. The number of methoxy groups -OCH3 is 2. The molecule has 0 aromatic heterocycles. The highest BCUT2D eigenvalue weighted by Gasteiger charge is 2.14. The van der Waals surface area contributed by atoms with Crippen molar-refractivity contribution < 1.29 is 14.3 Å². The molecule has 1 amide bonds. The van der Waals surface area contributed by atoms with Crippen molar-refractivity contribution in [1.82, 2.24) is 10.6 Å². The Hall–Kier alpha value is -1.46. The quantitative estimate of drug-likeness (QED) is 0.843.